The van der Waals surface area contributed by atoms with Crippen molar-refractivity contribution in [2.75, 3.05) is 20.2 Å². The Morgan fingerprint density at radius 3 is 2.63 bits per heavy atom. The predicted molar refractivity (Wildman–Crippen MR) is 114 cm³/mol. The maximum Gasteiger partial charge on any atom is 0.166 e. The summed E-state index contributed by atoms with van der Waals surface area (Å²) < 4.78 is 0. The Kier molecular flexibility index (Phi) is 6.24. The molecule has 154 valence electrons. The largest absolute Gasteiger partial charge is 0.396 e. The molecule has 3 aliphatic carbocycles. The Hall–Kier alpha value is -0.650. The van der Waals surface area contributed by atoms with Gasteiger partial charge in [0, 0.05) is 20.2 Å². The van der Waals surface area contributed by atoms with Crippen molar-refractivity contribution < 1.29 is 10.2 Å². The first kappa shape index (κ1) is 21.1. The van der Waals surface area contributed by atoms with E-state index in [9.17, 15) is 10.2 Å². The van der Waals surface area contributed by atoms with E-state index in [4.69, 9.17) is 12.2 Å². The lowest BCUT2D eigenvalue weighted by Crippen LogP contribution is -2.54. The molecular formula is C22H38N2O2S. The number of hydrogen-bond donors (Lipinski definition) is 4. The Morgan fingerprint density at radius 2 is 1.96 bits per heavy atom. The SMILES string of the molecule is C=C1CC[C@H]2[C@H](CNC(=S)NC)[C@@H]([C@@]3(C)CC[C@H](O)C[C@@H]3CO)CC[C@]12C. The third kappa shape index (κ3) is 3.67. The molecule has 5 heteroatoms. The summed E-state index contributed by atoms with van der Waals surface area (Å²) in [5, 5.41) is 27.5. The molecule has 0 aromatic rings. The summed E-state index contributed by atoms with van der Waals surface area (Å²) in [6, 6.07) is 0. The molecule has 3 aliphatic rings. The van der Waals surface area contributed by atoms with Crippen LogP contribution in [-0.4, -0.2) is 41.6 Å². The smallest absolute Gasteiger partial charge is 0.166 e. The third-order valence-corrected chi connectivity index (χ3v) is 9.04. The van der Waals surface area contributed by atoms with E-state index in [-0.39, 0.29) is 29.5 Å². The lowest BCUT2D eigenvalue weighted by molar-refractivity contribution is -0.0925. The zero-order chi connectivity index (χ0) is 19.8. The topological polar surface area (TPSA) is 64.5 Å². The highest BCUT2D eigenvalue weighted by atomic mass is 32.1. The summed E-state index contributed by atoms with van der Waals surface area (Å²) in [5.74, 6) is 1.86. The van der Waals surface area contributed by atoms with Gasteiger partial charge in [-0.1, -0.05) is 26.0 Å². The maximum absolute atomic E-state index is 10.2. The number of rotatable bonds is 4. The molecule has 0 aromatic carbocycles. The summed E-state index contributed by atoms with van der Waals surface area (Å²) in [6.45, 7) is 10.3. The molecular weight excluding hydrogens is 356 g/mol. The molecule has 0 aliphatic heterocycles. The number of thiocarbonyl (C=S) groups is 1. The van der Waals surface area contributed by atoms with Gasteiger partial charge < -0.3 is 20.8 Å². The van der Waals surface area contributed by atoms with Crippen molar-refractivity contribution in [2.45, 2.75) is 64.9 Å². The van der Waals surface area contributed by atoms with Gasteiger partial charge in [0.15, 0.2) is 5.11 Å². The quantitative estimate of drug-likeness (QED) is 0.435. The highest BCUT2D eigenvalue weighted by Crippen LogP contribution is 2.63. The van der Waals surface area contributed by atoms with Gasteiger partial charge in [0.05, 0.1) is 6.10 Å². The second kappa shape index (κ2) is 8.00. The normalized spacial score (nSPS) is 44.6. The van der Waals surface area contributed by atoms with Crippen LogP contribution in [0.4, 0.5) is 0 Å². The van der Waals surface area contributed by atoms with Gasteiger partial charge in [0.2, 0.25) is 0 Å². The van der Waals surface area contributed by atoms with Crippen LogP contribution in [-0.2, 0) is 0 Å². The molecule has 0 radical (unpaired) electrons. The first-order valence-electron chi connectivity index (χ1n) is 10.7. The van der Waals surface area contributed by atoms with Crippen LogP contribution in [0.3, 0.4) is 0 Å². The molecule has 0 unspecified atom stereocenters. The van der Waals surface area contributed by atoms with Gasteiger partial charge in [0.25, 0.3) is 0 Å². The minimum Gasteiger partial charge on any atom is -0.396 e. The van der Waals surface area contributed by atoms with E-state index in [2.05, 4.69) is 31.1 Å². The van der Waals surface area contributed by atoms with Gasteiger partial charge in [-0.3, -0.25) is 0 Å². The minimum atomic E-state index is -0.260. The van der Waals surface area contributed by atoms with E-state index < -0.39 is 0 Å². The number of allylic oxidation sites excluding steroid dienone is 1. The van der Waals surface area contributed by atoms with Crippen molar-refractivity contribution in [1.82, 2.24) is 10.6 Å². The molecule has 0 bridgehead atoms. The van der Waals surface area contributed by atoms with Crippen LogP contribution in [0.2, 0.25) is 0 Å². The maximum atomic E-state index is 10.2. The van der Waals surface area contributed by atoms with Crippen molar-refractivity contribution in [1.29, 1.82) is 0 Å². The average molecular weight is 395 g/mol. The number of hydrogen-bond acceptors (Lipinski definition) is 3. The first-order chi connectivity index (χ1) is 12.8. The molecule has 0 amide bonds. The Morgan fingerprint density at radius 1 is 1.22 bits per heavy atom. The first-order valence-corrected chi connectivity index (χ1v) is 11.1. The van der Waals surface area contributed by atoms with E-state index in [1.54, 1.807) is 0 Å². The molecule has 27 heavy (non-hydrogen) atoms. The highest BCUT2D eigenvalue weighted by molar-refractivity contribution is 7.80. The molecule has 3 fully saturated rings. The Bertz CT molecular complexity index is 583. The van der Waals surface area contributed by atoms with Crippen molar-refractivity contribution in [2.24, 2.45) is 34.5 Å². The van der Waals surface area contributed by atoms with Crippen LogP contribution in [0.25, 0.3) is 0 Å². The third-order valence-electron chi connectivity index (χ3n) is 8.69. The molecule has 7 atom stereocenters. The number of aliphatic hydroxyl groups is 2. The van der Waals surface area contributed by atoms with Gasteiger partial charge in [-0.15, -0.1) is 0 Å². The summed E-state index contributed by atoms with van der Waals surface area (Å²) in [6.07, 6.45) is 7.05. The summed E-state index contributed by atoms with van der Waals surface area (Å²) in [4.78, 5) is 0. The van der Waals surface area contributed by atoms with Crippen molar-refractivity contribution >= 4 is 17.3 Å². The van der Waals surface area contributed by atoms with E-state index in [0.29, 0.717) is 22.9 Å². The summed E-state index contributed by atoms with van der Waals surface area (Å²) in [7, 11) is 1.86. The second-order valence-corrected chi connectivity index (χ2v) is 10.2. The van der Waals surface area contributed by atoms with Gasteiger partial charge in [-0.05, 0) is 91.7 Å². The Labute approximate surface area is 170 Å². The molecule has 0 heterocycles. The number of fused-ring (bicyclic) bond motifs is 1. The molecule has 0 aromatic heterocycles. The minimum absolute atomic E-state index is 0.0762. The average Bonchev–Trinajstić information content (AvgIpc) is 2.96. The van der Waals surface area contributed by atoms with Gasteiger partial charge in [0.1, 0.15) is 0 Å². The number of aliphatic hydroxyl groups excluding tert-OH is 2. The van der Waals surface area contributed by atoms with E-state index in [0.717, 1.165) is 32.2 Å². The van der Waals surface area contributed by atoms with Crippen molar-refractivity contribution in [3.8, 4) is 0 Å². The highest BCUT2D eigenvalue weighted by Gasteiger charge is 2.56. The fourth-order valence-corrected chi connectivity index (χ4v) is 6.85. The van der Waals surface area contributed by atoms with Crippen LogP contribution >= 0.6 is 12.2 Å². The zero-order valence-corrected chi connectivity index (χ0v) is 18.1. The number of nitrogens with one attached hydrogen (secondary N) is 2. The fourth-order valence-electron chi connectivity index (χ4n) is 6.77. The van der Waals surface area contributed by atoms with Gasteiger partial charge in [-0.25, -0.2) is 0 Å². The lowest BCUT2D eigenvalue weighted by atomic mass is 9.49. The lowest BCUT2D eigenvalue weighted by Gasteiger charge is -2.56. The molecule has 0 spiro atoms. The van der Waals surface area contributed by atoms with Crippen LogP contribution in [0.1, 0.15) is 58.8 Å². The molecule has 0 saturated heterocycles. The fraction of sp³-hybridized carbons (Fsp3) is 0.864. The summed E-state index contributed by atoms with van der Waals surface area (Å²) in [5.41, 5.74) is 1.74. The molecule has 3 saturated carbocycles. The standard InChI is InChI=1S/C22H38N2O2S/c1-14-5-6-18-17(12-24-20(27)23-4)19(8-10-21(14,18)2)22(3)9-7-16(26)11-15(22)13-25/h15-19,25-26H,1,5-13H2,2-4H3,(H2,23,24,27)/t15-,16+,17+,18+,19+,21-,22+/m1/s1. The second-order valence-electron chi connectivity index (χ2n) is 9.75. The van der Waals surface area contributed by atoms with E-state index in [1.165, 1.54) is 24.8 Å². The van der Waals surface area contributed by atoms with Crippen molar-refractivity contribution in [3.05, 3.63) is 12.2 Å². The predicted octanol–water partition coefficient (Wildman–Crippen LogP) is 3.24. The van der Waals surface area contributed by atoms with Gasteiger partial charge in [-0.2, -0.15) is 0 Å². The molecule has 4 nitrogen and oxygen atoms in total. The van der Waals surface area contributed by atoms with Gasteiger partial charge >= 0.3 is 0 Å². The zero-order valence-electron chi connectivity index (χ0n) is 17.3. The van der Waals surface area contributed by atoms with Crippen LogP contribution in [0.5, 0.6) is 0 Å². The van der Waals surface area contributed by atoms with E-state index >= 15 is 0 Å². The van der Waals surface area contributed by atoms with Crippen LogP contribution in [0.15, 0.2) is 12.2 Å². The van der Waals surface area contributed by atoms with Crippen molar-refractivity contribution in [3.63, 3.8) is 0 Å². The molecule has 3 rings (SSSR count). The Balaban J connectivity index is 1.90. The summed E-state index contributed by atoms with van der Waals surface area (Å²) >= 11 is 5.37. The van der Waals surface area contributed by atoms with E-state index in [1.807, 2.05) is 7.05 Å². The van der Waals surface area contributed by atoms with Crippen LogP contribution < -0.4 is 10.6 Å². The van der Waals surface area contributed by atoms with Crippen LogP contribution in [0, 0.1) is 34.5 Å². The molecule has 4 N–H and O–H groups in total. The monoisotopic (exact) mass is 394 g/mol.